The van der Waals surface area contributed by atoms with Crippen molar-refractivity contribution >= 4 is 34.2 Å². The lowest BCUT2D eigenvalue weighted by Crippen LogP contribution is -2.15. The highest BCUT2D eigenvalue weighted by Crippen LogP contribution is 2.34. The minimum Gasteiger partial charge on any atom is -0.496 e. The van der Waals surface area contributed by atoms with Gasteiger partial charge in [0.25, 0.3) is 5.91 Å². The van der Waals surface area contributed by atoms with Gasteiger partial charge in [0.2, 0.25) is 0 Å². The van der Waals surface area contributed by atoms with Crippen LogP contribution in [0.5, 0.6) is 17.2 Å². The topological polar surface area (TPSA) is 130 Å². The quantitative estimate of drug-likeness (QED) is 0.294. The lowest BCUT2D eigenvalue weighted by Gasteiger charge is -2.14. The average molecular weight is 551 g/mol. The molecule has 0 bridgehead atoms. The molecule has 0 aliphatic carbocycles. The second-order valence-electron chi connectivity index (χ2n) is 10.2. The van der Waals surface area contributed by atoms with Crippen LogP contribution in [0.3, 0.4) is 0 Å². The van der Waals surface area contributed by atoms with Gasteiger partial charge in [0.1, 0.15) is 23.0 Å². The summed E-state index contributed by atoms with van der Waals surface area (Å²) in [5, 5.41) is 14.9. The number of carbonyl (C=O) groups excluding carboxylic acids is 2. The molecular formula is C29H31ClN4O5. The van der Waals surface area contributed by atoms with E-state index in [2.05, 4.69) is 30.9 Å². The van der Waals surface area contributed by atoms with Gasteiger partial charge in [-0.3, -0.25) is 19.3 Å². The number of amides is 1. The molecule has 2 aromatic carbocycles. The molecule has 4 aromatic rings. The van der Waals surface area contributed by atoms with E-state index < -0.39 is 5.91 Å². The van der Waals surface area contributed by atoms with E-state index in [-0.39, 0.29) is 36.2 Å². The highest BCUT2D eigenvalue weighted by atomic mass is 35.5. The minimum absolute atomic E-state index is 0.0295. The Kier molecular flexibility index (Phi) is 8.22. The molecule has 204 valence electrons. The van der Waals surface area contributed by atoms with Gasteiger partial charge < -0.3 is 20.3 Å². The van der Waals surface area contributed by atoms with Gasteiger partial charge in [-0.15, -0.1) is 0 Å². The largest absolute Gasteiger partial charge is 0.496 e. The first kappa shape index (κ1) is 28.1. The maximum Gasteiger partial charge on any atom is 0.252 e. The summed E-state index contributed by atoms with van der Waals surface area (Å²) >= 11 is 6.54. The maximum atomic E-state index is 13.0. The van der Waals surface area contributed by atoms with Crippen molar-refractivity contribution in [3.8, 4) is 17.2 Å². The predicted molar refractivity (Wildman–Crippen MR) is 149 cm³/mol. The number of hydrogen-bond acceptors (Lipinski definition) is 7. The van der Waals surface area contributed by atoms with Crippen molar-refractivity contribution in [2.24, 2.45) is 5.73 Å². The molecule has 0 radical (unpaired) electrons. The Morgan fingerprint density at radius 2 is 1.85 bits per heavy atom. The fraction of sp³-hybridized carbons (Fsp3) is 0.310. The molecule has 1 amide bonds. The summed E-state index contributed by atoms with van der Waals surface area (Å²) in [6.07, 6.45) is 1.89. The summed E-state index contributed by atoms with van der Waals surface area (Å²) in [5.74, 6) is 0.575. The van der Waals surface area contributed by atoms with Crippen molar-refractivity contribution in [2.45, 2.75) is 45.6 Å². The van der Waals surface area contributed by atoms with Gasteiger partial charge in [0.05, 0.1) is 37.0 Å². The lowest BCUT2D eigenvalue weighted by atomic mass is 9.92. The molecule has 2 heterocycles. The number of halogens is 1. The molecule has 0 aliphatic rings. The third kappa shape index (κ3) is 6.38. The van der Waals surface area contributed by atoms with Gasteiger partial charge in [0, 0.05) is 46.6 Å². The predicted octanol–water partition coefficient (Wildman–Crippen LogP) is 4.63. The van der Waals surface area contributed by atoms with Crippen LogP contribution in [-0.4, -0.2) is 45.3 Å². The summed E-state index contributed by atoms with van der Waals surface area (Å²) in [5.41, 5.74) is 8.40. The van der Waals surface area contributed by atoms with Gasteiger partial charge in [0.15, 0.2) is 0 Å². The monoisotopic (exact) mass is 550 g/mol. The van der Waals surface area contributed by atoms with E-state index in [4.69, 9.17) is 26.8 Å². The summed E-state index contributed by atoms with van der Waals surface area (Å²) in [6, 6.07) is 11.9. The maximum absolute atomic E-state index is 13.0. The molecule has 0 aliphatic heterocycles. The Balaban J connectivity index is 1.53. The zero-order valence-electron chi connectivity index (χ0n) is 22.3. The number of ether oxygens (including phenoxy) is 2. The number of methoxy groups -OCH3 is 1. The Labute approximate surface area is 231 Å². The SMILES string of the molecule is COc1cc2nccc(Oc3ccc(CC(=O)Cc4cc(C(C)(C)C)nn4CCO)c(Cl)c3)c2cc1C(N)=O. The van der Waals surface area contributed by atoms with Gasteiger partial charge in [-0.25, -0.2) is 0 Å². The summed E-state index contributed by atoms with van der Waals surface area (Å²) in [7, 11) is 1.45. The molecule has 0 spiro atoms. The number of hydrogen-bond donors (Lipinski definition) is 2. The van der Waals surface area contributed by atoms with Crippen LogP contribution in [0.15, 0.2) is 48.7 Å². The number of Topliss-reactive ketones (excluding diaryl/α,β-unsaturated/α-hetero) is 1. The van der Waals surface area contributed by atoms with Gasteiger partial charge >= 0.3 is 0 Å². The standard InChI is InChI=1S/C29H31ClN4O5/c1-29(2,3)27-13-18(34(33-27)9-10-35)12-19(36)11-17-5-6-20(14-23(17)30)39-25-7-8-32-24-16-26(38-4)22(28(31)37)15-21(24)25/h5-8,13-16,35H,9-12H2,1-4H3,(H2,31,37). The first-order valence-corrected chi connectivity index (χ1v) is 12.8. The molecule has 9 nitrogen and oxygen atoms in total. The lowest BCUT2D eigenvalue weighted by molar-refractivity contribution is -0.117. The fourth-order valence-corrected chi connectivity index (χ4v) is 4.43. The number of pyridine rings is 1. The number of aliphatic hydroxyl groups is 1. The first-order valence-electron chi connectivity index (χ1n) is 12.4. The van der Waals surface area contributed by atoms with Crippen molar-refractivity contribution in [3.05, 3.63) is 76.2 Å². The van der Waals surface area contributed by atoms with Crippen molar-refractivity contribution in [1.82, 2.24) is 14.8 Å². The zero-order chi connectivity index (χ0) is 28.3. The Morgan fingerprint density at radius 1 is 1.08 bits per heavy atom. The molecule has 3 N–H and O–H groups in total. The molecule has 2 aromatic heterocycles. The van der Waals surface area contributed by atoms with E-state index >= 15 is 0 Å². The van der Waals surface area contributed by atoms with Crippen LogP contribution in [0.4, 0.5) is 0 Å². The number of fused-ring (bicyclic) bond motifs is 1. The van der Waals surface area contributed by atoms with Crippen LogP contribution in [-0.2, 0) is 29.6 Å². The fourth-order valence-electron chi connectivity index (χ4n) is 4.19. The van der Waals surface area contributed by atoms with Crippen molar-refractivity contribution in [1.29, 1.82) is 0 Å². The van der Waals surface area contributed by atoms with E-state index in [1.165, 1.54) is 7.11 Å². The van der Waals surface area contributed by atoms with Gasteiger partial charge in [-0.05, 0) is 35.9 Å². The number of aromatic nitrogens is 3. The molecule has 0 unspecified atom stereocenters. The molecular weight excluding hydrogens is 520 g/mol. The smallest absolute Gasteiger partial charge is 0.252 e. The third-order valence-electron chi connectivity index (χ3n) is 6.25. The number of nitrogens with two attached hydrogens (primary N) is 1. The molecule has 0 fully saturated rings. The average Bonchev–Trinajstić information content (AvgIpc) is 3.28. The van der Waals surface area contributed by atoms with Gasteiger partial charge in [-0.1, -0.05) is 38.4 Å². The zero-order valence-corrected chi connectivity index (χ0v) is 23.1. The number of ketones is 1. The minimum atomic E-state index is -0.630. The molecule has 0 saturated carbocycles. The molecule has 39 heavy (non-hydrogen) atoms. The molecule has 10 heteroatoms. The second kappa shape index (κ2) is 11.4. The number of carbonyl (C=O) groups is 2. The number of aliphatic hydroxyl groups excluding tert-OH is 1. The van der Waals surface area contributed by atoms with Crippen molar-refractivity contribution < 1.29 is 24.2 Å². The van der Waals surface area contributed by atoms with Gasteiger partial charge in [-0.2, -0.15) is 5.10 Å². The number of rotatable bonds is 10. The summed E-state index contributed by atoms with van der Waals surface area (Å²) < 4.78 is 13.0. The van der Waals surface area contributed by atoms with Crippen LogP contribution in [0.25, 0.3) is 10.9 Å². The Bertz CT molecular complexity index is 1540. The van der Waals surface area contributed by atoms with E-state index in [0.717, 1.165) is 11.4 Å². The normalized spacial score (nSPS) is 11.5. The summed E-state index contributed by atoms with van der Waals surface area (Å²) in [4.78, 5) is 29.2. The van der Waals surface area contributed by atoms with E-state index in [9.17, 15) is 14.7 Å². The Morgan fingerprint density at radius 3 is 2.49 bits per heavy atom. The van der Waals surface area contributed by atoms with Crippen LogP contribution in [0, 0.1) is 0 Å². The Hall–Kier alpha value is -3.95. The highest BCUT2D eigenvalue weighted by Gasteiger charge is 2.21. The van der Waals surface area contributed by atoms with E-state index in [0.29, 0.717) is 45.3 Å². The van der Waals surface area contributed by atoms with E-state index in [1.54, 1.807) is 47.3 Å². The number of primary amides is 1. The molecule has 4 rings (SSSR count). The van der Waals surface area contributed by atoms with Crippen molar-refractivity contribution in [2.75, 3.05) is 13.7 Å². The first-order chi connectivity index (χ1) is 18.5. The number of nitrogens with zero attached hydrogens (tertiary/aromatic N) is 3. The van der Waals surface area contributed by atoms with Crippen LogP contribution < -0.4 is 15.2 Å². The van der Waals surface area contributed by atoms with Crippen LogP contribution >= 0.6 is 11.6 Å². The van der Waals surface area contributed by atoms with Crippen molar-refractivity contribution in [3.63, 3.8) is 0 Å². The third-order valence-corrected chi connectivity index (χ3v) is 6.60. The van der Waals surface area contributed by atoms with Crippen LogP contribution in [0.2, 0.25) is 5.02 Å². The highest BCUT2D eigenvalue weighted by molar-refractivity contribution is 6.31. The van der Waals surface area contributed by atoms with Crippen LogP contribution in [0.1, 0.15) is 48.1 Å². The second-order valence-corrected chi connectivity index (χ2v) is 10.6. The molecule has 0 saturated heterocycles. The summed E-state index contributed by atoms with van der Waals surface area (Å²) in [6.45, 7) is 6.41. The van der Waals surface area contributed by atoms with E-state index in [1.807, 2.05) is 6.07 Å². The molecule has 0 atom stereocenters. The number of benzene rings is 2.